The molecule has 13 heavy (non-hydrogen) atoms. The van der Waals surface area contributed by atoms with Crippen LogP contribution >= 0.6 is 0 Å². The molecule has 3 heteroatoms. The van der Waals surface area contributed by atoms with E-state index in [1.807, 2.05) is 10.9 Å². The molecule has 0 radical (unpaired) electrons. The summed E-state index contributed by atoms with van der Waals surface area (Å²) in [6.45, 7) is 8.25. The van der Waals surface area contributed by atoms with Crippen molar-refractivity contribution in [2.45, 2.75) is 39.7 Å². The van der Waals surface area contributed by atoms with Gasteiger partial charge >= 0.3 is 0 Å². The zero-order chi connectivity index (χ0) is 10.0. The fourth-order valence-electron chi connectivity index (χ4n) is 1.18. The second-order valence-corrected chi connectivity index (χ2v) is 3.77. The lowest BCUT2D eigenvalue weighted by Gasteiger charge is -2.03. The van der Waals surface area contributed by atoms with Crippen LogP contribution in [0.4, 0.5) is 0 Å². The van der Waals surface area contributed by atoms with Gasteiger partial charge in [0.15, 0.2) is 5.69 Å². The molecule has 3 nitrogen and oxygen atoms in total. The van der Waals surface area contributed by atoms with E-state index in [0.717, 1.165) is 5.56 Å². The Kier molecular flexibility index (Phi) is 2.72. The quantitative estimate of drug-likeness (QED) is 0.696. The molecule has 0 aliphatic heterocycles. The van der Waals surface area contributed by atoms with Gasteiger partial charge in [-0.05, 0) is 19.8 Å². The SMILES string of the molecule is CC(C)c1cn(C(C)C)nc1C#N. The maximum absolute atomic E-state index is 8.84. The molecule has 1 rings (SSSR count). The number of rotatable bonds is 2. The van der Waals surface area contributed by atoms with Crippen molar-refractivity contribution < 1.29 is 0 Å². The summed E-state index contributed by atoms with van der Waals surface area (Å²) in [4.78, 5) is 0. The standard InChI is InChI=1S/C10H15N3/c1-7(2)9-6-13(8(3)4)12-10(9)5-11/h6-8H,1-4H3. The largest absolute Gasteiger partial charge is 0.269 e. The molecule has 0 spiro atoms. The van der Waals surface area contributed by atoms with Crippen molar-refractivity contribution in [3.63, 3.8) is 0 Å². The van der Waals surface area contributed by atoms with E-state index in [-0.39, 0.29) is 0 Å². The van der Waals surface area contributed by atoms with Crippen LogP contribution in [-0.4, -0.2) is 9.78 Å². The molecular formula is C10H15N3. The molecule has 0 saturated carbocycles. The third-order valence-electron chi connectivity index (χ3n) is 2.02. The van der Waals surface area contributed by atoms with E-state index >= 15 is 0 Å². The topological polar surface area (TPSA) is 41.6 Å². The van der Waals surface area contributed by atoms with Crippen LogP contribution in [0.15, 0.2) is 6.20 Å². The maximum atomic E-state index is 8.84. The van der Waals surface area contributed by atoms with Crippen molar-refractivity contribution in [1.82, 2.24) is 9.78 Å². The van der Waals surface area contributed by atoms with Crippen LogP contribution in [-0.2, 0) is 0 Å². The molecule has 0 aliphatic carbocycles. The molecule has 0 aromatic carbocycles. The van der Waals surface area contributed by atoms with Gasteiger partial charge in [-0.15, -0.1) is 0 Å². The minimum atomic E-state index is 0.319. The highest BCUT2D eigenvalue weighted by atomic mass is 15.3. The molecule has 0 aliphatic rings. The fourth-order valence-corrected chi connectivity index (χ4v) is 1.18. The van der Waals surface area contributed by atoms with Gasteiger partial charge in [-0.1, -0.05) is 13.8 Å². The highest BCUT2D eigenvalue weighted by Gasteiger charge is 2.12. The van der Waals surface area contributed by atoms with E-state index in [9.17, 15) is 0 Å². The summed E-state index contributed by atoms with van der Waals surface area (Å²) >= 11 is 0. The van der Waals surface area contributed by atoms with Gasteiger partial charge in [0.2, 0.25) is 0 Å². The second-order valence-electron chi connectivity index (χ2n) is 3.77. The average Bonchev–Trinajstić information content (AvgIpc) is 2.47. The molecule has 0 bridgehead atoms. The molecule has 0 atom stereocenters. The minimum Gasteiger partial charge on any atom is -0.269 e. The van der Waals surface area contributed by atoms with Gasteiger partial charge < -0.3 is 0 Å². The summed E-state index contributed by atoms with van der Waals surface area (Å²) in [5, 5.41) is 13.0. The Morgan fingerprint density at radius 2 is 2.00 bits per heavy atom. The summed E-state index contributed by atoms with van der Waals surface area (Å²) in [6, 6.07) is 2.44. The van der Waals surface area contributed by atoms with Gasteiger partial charge in [-0.25, -0.2) is 0 Å². The lowest BCUT2D eigenvalue weighted by molar-refractivity contribution is 0.530. The van der Waals surface area contributed by atoms with Gasteiger partial charge in [0, 0.05) is 17.8 Å². The van der Waals surface area contributed by atoms with Crippen molar-refractivity contribution in [2.75, 3.05) is 0 Å². The molecule has 1 heterocycles. The molecule has 70 valence electrons. The van der Waals surface area contributed by atoms with Crippen LogP contribution in [0.2, 0.25) is 0 Å². The predicted molar refractivity (Wildman–Crippen MR) is 51.4 cm³/mol. The predicted octanol–water partition coefficient (Wildman–Crippen LogP) is 2.46. The smallest absolute Gasteiger partial charge is 0.165 e. The van der Waals surface area contributed by atoms with Crippen LogP contribution in [0.1, 0.15) is 50.9 Å². The van der Waals surface area contributed by atoms with Crippen LogP contribution in [0.5, 0.6) is 0 Å². The molecule has 0 N–H and O–H groups in total. The van der Waals surface area contributed by atoms with Crippen LogP contribution in [0.3, 0.4) is 0 Å². The number of hydrogen-bond donors (Lipinski definition) is 0. The van der Waals surface area contributed by atoms with Crippen molar-refractivity contribution in [2.24, 2.45) is 0 Å². The molecule has 0 unspecified atom stereocenters. The summed E-state index contributed by atoms with van der Waals surface area (Å²) in [7, 11) is 0. The monoisotopic (exact) mass is 177 g/mol. The lowest BCUT2D eigenvalue weighted by Crippen LogP contribution is -2.00. The van der Waals surface area contributed by atoms with Crippen LogP contribution in [0.25, 0.3) is 0 Å². The number of hydrogen-bond acceptors (Lipinski definition) is 2. The van der Waals surface area contributed by atoms with E-state index in [2.05, 4.69) is 38.9 Å². The Morgan fingerprint density at radius 3 is 2.31 bits per heavy atom. The zero-order valence-corrected chi connectivity index (χ0v) is 8.57. The van der Waals surface area contributed by atoms with Gasteiger partial charge in [0.1, 0.15) is 6.07 Å². The Morgan fingerprint density at radius 1 is 1.38 bits per heavy atom. The maximum Gasteiger partial charge on any atom is 0.165 e. The Hall–Kier alpha value is -1.30. The van der Waals surface area contributed by atoms with Crippen LogP contribution < -0.4 is 0 Å². The summed E-state index contributed by atoms with van der Waals surface area (Å²) in [5.74, 6) is 0.363. The molecule has 0 amide bonds. The lowest BCUT2D eigenvalue weighted by atomic mass is 10.1. The molecular weight excluding hydrogens is 162 g/mol. The highest BCUT2D eigenvalue weighted by Crippen LogP contribution is 2.19. The van der Waals surface area contributed by atoms with E-state index in [4.69, 9.17) is 5.26 Å². The van der Waals surface area contributed by atoms with E-state index in [1.165, 1.54) is 0 Å². The number of nitriles is 1. The van der Waals surface area contributed by atoms with Crippen molar-refractivity contribution in [3.8, 4) is 6.07 Å². The minimum absolute atomic E-state index is 0.319. The van der Waals surface area contributed by atoms with Gasteiger partial charge in [0.25, 0.3) is 0 Å². The average molecular weight is 177 g/mol. The fraction of sp³-hybridized carbons (Fsp3) is 0.600. The second kappa shape index (κ2) is 3.61. The molecule has 0 fully saturated rings. The highest BCUT2D eigenvalue weighted by molar-refractivity contribution is 5.31. The first-order valence-electron chi connectivity index (χ1n) is 4.55. The molecule has 1 aromatic heterocycles. The van der Waals surface area contributed by atoms with Crippen molar-refractivity contribution in [3.05, 3.63) is 17.5 Å². The normalized spacial score (nSPS) is 10.8. The van der Waals surface area contributed by atoms with Gasteiger partial charge in [0.05, 0.1) is 0 Å². The van der Waals surface area contributed by atoms with Crippen molar-refractivity contribution >= 4 is 0 Å². The summed E-state index contributed by atoms with van der Waals surface area (Å²) in [5.41, 5.74) is 1.60. The van der Waals surface area contributed by atoms with Crippen LogP contribution in [0, 0.1) is 11.3 Å². The summed E-state index contributed by atoms with van der Waals surface area (Å²) < 4.78 is 1.84. The number of nitrogens with zero attached hydrogens (tertiary/aromatic N) is 3. The van der Waals surface area contributed by atoms with Gasteiger partial charge in [-0.3, -0.25) is 4.68 Å². The Labute approximate surface area is 79.0 Å². The van der Waals surface area contributed by atoms with E-state index < -0.39 is 0 Å². The number of aromatic nitrogens is 2. The first-order valence-corrected chi connectivity index (χ1v) is 4.55. The first-order chi connectivity index (χ1) is 6.06. The third-order valence-corrected chi connectivity index (χ3v) is 2.02. The summed E-state index contributed by atoms with van der Waals surface area (Å²) in [6.07, 6.45) is 1.97. The molecule has 0 saturated heterocycles. The Balaban J connectivity index is 3.14. The Bertz CT molecular complexity index is 328. The van der Waals surface area contributed by atoms with E-state index in [0.29, 0.717) is 17.7 Å². The molecule has 1 aromatic rings. The van der Waals surface area contributed by atoms with Gasteiger partial charge in [-0.2, -0.15) is 10.4 Å². The van der Waals surface area contributed by atoms with Crippen molar-refractivity contribution in [1.29, 1.82) is 5.26 Å². The first kappa shape index (κ1) is 9.79. The van der Waals surface area contributed by atoms with E-state index in [1.54, 1.807) is 0 Å². The third kappa shape index (κ3) is 1.89. The zero-order valence-electron chi connectivity index (χ0n) is 8.57.